The smallest absolute Gasteiger partial charge is 0.319 e. The lowest BCUT2D eigenvalue weighted by Crippen LogP contribution is -2.40. The van der Waals surface area contributed by atoms with Gasteiger partial charge in [0.05, 0.1) is 17.6 Å². The standard InChI is InChI=1S/C29H22F3N3O/c30-29(31,32)28(36)34(19-21-10-3-1-4-11-21)24-15-9-14-23(18-24)27-33-25-16-7-8-17-26(25)35(27)20-22-12-5-2-6-13-22/h1-18H,19-20H2. The molecule has 0 radical (unpaired) electrons. The summed E-state index contributed by atoms with van der Waals surface area (Å²) in [6.45, 7) is 0.333. The molecule has 1 amide bonds. The number of amides is 1. The second-order valence-corrected chi connectivity index (χ2v) is 8.42. The van der Waals surface area contributed by atoms with Crippen LogP contribution in [0, 0.1) is 0 Å². The van der Waals surface area contributed by atoms with Gasteiger partial charge >= 0.3 is 12.1 Å². The van der Waals surface area contributed by atoms with Gasteiger partial charge in [0.15, 0.2) is 0 Å². The van der Waals surface area contributed by atoms with Gasteiger partial charge in [0, 0.05) is 17.8 Å². The molecule has 0 aliphatic rings. The van der Waals surface area contributed by atoms with Crippen LogP contribution in [-0.2, 0) is 17.9 Å². The van der Waals surface area contributed by atoms with Gasteiger partial charge in [-0.3, -0.25) is 4.79 Å². The topological polar surface area (TPSA) is 38.1 Å². The van der Waals surface area contributed by atoms with Gasteiger partial charge in [-0.15, -0.1) is 0 Å². The maximum absolute atomic E-state index is 13.5. The summed E-state index contributed by atoms with van der Waals surface area (Å²) in [5, 5.41) is 0. The van der Waals surface area contributed by atoms with Crippen LogP contribution in [-0.4, -0.2) is 21.6 Å². The van der Waals surface area contributed by atoms with Crippen LogP contribution in [0.2, 0.25) is 0 Å². The largest absolute Gasteiger partial charge is 0.471 e. The third-order valence-electron chi connectivity index (χ3n) is 5.93. The minimum Gasteiger partial charge on any atom is -0.319 e. The van der Waals surface area contributed by atoms with E-state index in [4.69, 9.17) is 4.98 Å². The molecule has 1 heterocycles. The number of carbonyl (C=O) groups is 1. The van der Waals surface area contributed by atoms with Crippen LogP contribution < -0.4 is 4.90 Å². The maximum atomic E-state index is 13.5. The first-order chi connectivity index (χ1) is 17.4. The molecule has 4 aromatic carbocycles. The third-order valence-corrected chi connectivity index (χ3v) is 5.93. The Kier molecular flexibility index (Phi) is 6.29. The molecule has 0 N–H and O–H groups in total. The Balaban J connectivity index is 1.60. The lowest BCUT2D eigenvalue weighted by Gasteiger charge is -2.24. The summed E-state index contributed by atoms with van der Waals surface area (Å²) < 4.78 is 42.7. The van der Waals surface area contributed by atoms with Crippen LogP contribution >= 0.6 is 0 Å². The molecule has 0 saturated carbocycles. The summed E-state index contributed by atoms with van der Waals surface area (Å²) in [7, 11) is 0. The Morgan fingerprint density at radius 3 is 2.11 bits per heavy atom. The molecular formula is C29H22F3N3O. The first-order valence-electron chi connectivity index (χ1n) is 11.4. The fourth-order valence-electron chi connectivity index (χ4n) is 4.23. The summed E-state index contributed by atoms with van der Waals surface area (Å²) in [5.41, 5.74) is 4.12. The van der Waals surface area contributed by atoms with E-state index in [0.29, 0.717) is 23.5 Å². The predicted molar refractivity (Wildman–Crippen MR) is 134 cm³/mol. The summed E-state index contributed by atoms with van der Waals surface area (Å²) in [6, 6.07) is 32.7. The molecule has 0 fully saturated rings. The van der Waals surface area contributed by atoms with Gasteiger partial charge < -0.3 is 9.47 Å². The summed E-state index contributed by atoms with van der Waals surface area (Å²) in [6.07, 6.45) is -5.01. The summed E-state index contributed by atoms with van der Waals surface area (Å²) in [4.78, 5) is 18.0. The number of hydrogen-bond acceptors (Lipinski definition) is 2. The number of para-hydroxylation sites is 2. The van der Waals surface area contributed by atoms with Crippen molar-refractivity contribution in [3.05, 3.63) is 120 Å². The molecule has 180 valence electrons. The van der Waals surface area contributed by atoms with Crippen LogP contribution in [0.5, 0.6) is 0 Å². The van der Waals surface area contributed by atoms with Gasteiger partial charge in [-0.2, -0.15) is 13.2 Å². The Labute approximate surface area is 206 Å². The van der Waals surface area contributed by atoms with Crippen molar-refractivity contribution in [2.75, 3.05) is 4.90 Å². The molecular weight excluding hydrogens is 463 g/mol. The van der Waals surface area contributed by atoms with E-state index in [1.807, 2.05) is 59.2 Å². The van der Waals surface area contributed by atoms with Crippen molar-refractivity contribution in [2.45, 2.75) is 19.3 Å². The molecule has 36 heavy (non-hydrogen) atoms. The number of alkyl halides is 3. The highest BCUT2D eigenvalue weighted by Crippen LogP contribution is 2.31. The molecule has 5 rings (SSSR count). The zero-order chi connectivity index (χ0) is 25.1. The van der Waals surface area contributed by atoms with Crippen molar-refractivity contribution < 1.29 is 18.0 Å². The molecule has 0 aliphatic heterocycles. The number of aromatic nitrogens is 2. The molecule has 1 aromatic heterocycles. The molecule has 0 bridgehead atoms. The summed E-state index contributed by atoms with van der Waals surface area (Å²) >= 11 is 0. The second-order valence-electron chi connectivity index (χ2n) is 8.42. The molecule has 5 aromatic rings. The number of imidazole rings is 1. The van der Waals surface area contributed by atoms with Crippen LogP contribution in [0.25, 0.3) is 22.4 Å². The van der Waals surface area contributed by atoms with Crippen molar-refractivity contribution in [2.24, 2.45) is 0 Å². The number of halogens is 3. The number of anilines is 1. The molecule has 0 saturated heterocycles. The highest BCUT2D eigenvalue weighted by molar-refractivity contribution is 5.97. The third kappa shape index (κ3) is 4.86. The monoisotopic (exact) mass is 485 g/mol. The average Bonchev–Trinajstić information content (AvgIpc) is 3.26. The molecule has 0 atom stereocenters. The highest BCUT2D eigenvalue weighted by atomic mass is 19.4. The number of fused-ring (bicyclic) bond motifs is 1. The number of carbonyl (C=O) groups excluding carboxylic acids is 1. The fourth-order valence-corrected chi connectivity index (χ4v) is 4.23. The van der Waals surface area contributed by atoms with Crippen molar-refractivity contribution >= 4 is 22.6 Å². The zero-order valence-corrected chi connectivity index (χ0v) is 19.2. The van der Waals surface area contributed by atoms with E-state index in [2.05, 4.69) is 0 Å². The van der Waals surface area contributed by atoms with Gasteiger partial charge in [0.2, 0.25) is 0 Å². The van der Waals surface area contributed by atoms with Crippen LogP contribution in [0.3, 0.4) is 0 Å². The van der Waals surface area contributed by atoms with Crippen molar-refractivity contribution in [1.82, 2.24) is 9.55 Å². The molecule has 7 heteroatoms. The van der Waals surface area contributed by atoms with Crippen LogP contribution in [0.4, 0.5) is 18.9 Å². The maximum Gasteiger partial charge on any atom is 0.471 e. The molecule has 0 unspecified atom stereocenters. The van der Waals surface area contributed by atoms with Crippen LogP contribution in [0.1, 0.15) is 11.1 Å². The van der Waals surface area contributed by atoms with E-state index < -0.39 is 12.1 Å². The first-order valence-corrected chi connectivity index (χ1v) is 11.4. The summed E-state index contributed by atoms with van der Waals surface area (Å²) in [5.74, 6) is -1.30. The second kappa shape index (κ2) is 9.70. The first kappa shape index (κ1) is 23.4. The molecule has 0 aliphatic carbocycles. The number of nitrogens with zero attached hydrogens (tertiary/aromatic N) is 3. The zero-order valence-electron chi connectivity index (χ0n) is 19.2. The quantitative estimate of drug-likeness (QED) is 0.264. The van der Waals surface area contributed by atoms with E-state index in [9.17, 15) is 18.0 Å². The Hall–Kier alpha value is -4.39. The van der Waals surface area contributed by atoms with Crippen molar-refractivity contribution in [3.8, 4) is 11.4 Å². The van der Waals surface area contributed by atoms with E-state index in [1.165, 1.54) is 6.07 Å². The van der Waals surface area contributed by atoms with Crippen molar-refractivity contribution in [3.63, 3.8) is 0 Å². The predicted octanol–water partition coefficient (Wildman–Crippen LogP) is 6.85. The normalized spacial score (nSPS) is 11.5. The average molecular weight is 486 g/mol. The van der Waals surface area contributed by atoms with Crippen molar-refractivity contribution in [1.29, 1.82) is 0 Å². The van der Waals surface area contributed by atoms with E-state index >= 15 is 0 Å². The number of benzene rings is 4. The van der Waals surface area contributed by atoms with Gasteiger partial charge in [-0.1, -0.05) is 84.9 Å². The van der Waals surface area contributed by atoms with Gasteiger partial charge in [0.25, 0.3) is 0 Å². The van der Waals surface area contributed by atoms with E-state index in [-0.39, 0.29) is 12.2 Å². The van der Waals surface area contributed by atoms with Gasteiger partial charge in [-0.05, 0) is 35.4 Å². The number of rotatable bonds is 6. The fraction of sp³-hybridized carbons (Fsp3) is 0.103. The highest BCUT2D eigenvalue weighted by Gasteiger charge is 2.43. The Morgan fingerprint density at radius 1 is 0.778 bits per heavy atom. The van der Waals surface area contributed by atoms with Gasteiger partial charge in [0.1, 0.15) is 5.82 Å². The number of hydrogen-bond donors (Lipinski definition) is 0. The van der Waals surface area contributed by atoms with Crippen LogP contribution in [0.15, 0.2) is 109 Å². The lowest BCUT2D eigenvalue weighted by atomic mass is 10.1. The molecule has 0 spiro atoms. The van der Waals surface area contributed by atoms with E-state index in [1.54, 1.807) is 48.5 Å². The lowest BCUT2D eigenvalue weighted by molar-refractivity contribution is -0.170. The van der Waals surface area contributed by atoms with Gasteiger partial charge in [-0.25, -0.2) is 4.98 Å². The Bertz CT molecular complexity index is 1500. The minimum absolute atomic E-state index is 0.150. The minimum atomic E-state index is -5.01. The Morgan fingerprint density at radius 2 is 1.42 bits per heavy atom. The molecule has 4 nitrogen and oxygen atoms in total. The SMILES string of the molecule is O=C(N(Cc1ccccc1)c1cccc(-c2nc3ccccc3n2Cc2ccccc2)c1)C(F)(F)F. The van der Waals surface area contributed by atoms with E-state index in [0.717, 1.165) is 21.5 Å².